The maximum Gasteiger partial charge on any atom is 0.338 e. The number of benzene rings is 3. The van der Waals surface area contributed by atoms with Gasteiger partial charge in [-0.3, -0.25) is 9.52 Å². The SMILES string of the molecule is CCOC(=O)c1cccc(NC(=O)c2ccc(S(=O)(=O)Nc3ccc(F)cc3)cc2)c1. The molecule has 9 heteroatoms. The first-order chi connectivity index (χ1) is 14.8. The molecule has 2 N–H and O–H groups in total. The highest BCUT2D eigenvalue weighted by Crippen LogP contribution is 2.18. The van der Waals surface area contributed by atoms with E-state index in [4.69, 9.17) is 4.74 Å². The lowest BCUT2D eigenvalue weighted by Crippen LogP contribution is -2.15. The second-order valence-electron chi connectivity index (χ2n) is 6.39. The molecule has 1 amide bonds. The van der Waals surface area contributed by atoms with Gasteiger partial charge in [-0.2, -0.15) is 0 Å². The summed E-state index contributed by atoms with van der Waals surface area (Å²) in [6.45, 7) is 1.93. The quantitative estimate of drug-likeness (QED) is 0.538. The molecule has 0 aliphatic rings. The normalized spacial score (nSPS) is 10.9. The molecule has 0 saturated heterocycles. The number of carbonyl (C=O) groups excluding carboxylic acids is 2. The molecule has 0 spiro atoms. The number of hydrogen-bond donors (Lipinski definition) is 2. The van der Waals surface area contributed by atoms with Gasteiger partial charge in [0.25, 0.3) is 15.9 Å². The zero-order valence-electron chi connectivity index (χ0n) is 16.5. The van der Waals surface area contributed by atoms with E-state index in [0.717, 1.165) is 12.1 Å². The Hall–Kier alpha value is -3.72. The number of hydrogen-bond acceptors (Lipinski definition) is 5. The second kappa shape index (κ2) is 9.40. The Balaban J connectivity index is 1.71. The lowest BCUT2D eigenvalue weighted by Gasteiger charge is -2.10. The molecule has 7 nitrogen and oxygen atoms in total. The molecule has 0 unspecified atom stereocenters. The van der Waals surface area contributed by atoms with Crippen LogP contribution in [0.2, 0.25) is 0 Å². The number of carbonyl (C=O) groups is 2. The first-order valence-corrected chi connectivity index (χ1v) is 10.7. The number of esters is 1. The topological polar surface area (TPSA) is 102 Å². The molecule has 0 radical (unpaired) electrons. The average molecular weight is 442 g/mol. The Labute approximate surface area is 178 Å². The monoisotopic (exact) mass is 442 g/mol. The molecular weight excluding hydrogens is 423 g/mol. The molecule has 0 atom stereocenters. The van der Waals surface area contributed by atoms with E-state index < -0.39 is 27.7 Å². The van der Waals surface area contributed by atoms with Crippen molar-refractivity contribution in [2.24, 2.45) is 0 Å². The molecule has 0 fully saturated rings. The van der Waals surface area contributed by atoms with Crippen molar-refractivity contribution in [3.05, 3.63) is 89.7 Å². The van der Waals surface area contributed by atoms with Crippen molar-refractivity contribution in [2.45, 2.75) is 11.8 Å². The molecule has 0 aliphatic heterocycles. The Morgan fingerprint density at radius 1 is 0.903 bits per heavy atom. The summed E-state index contributed by atoms with van der Waals surface area (Å²) in [5.74, 6) is -1.45. The molecule has 0 saturated carbocycles. The zero-order chi connectivity index (χ0) is 22.4. The lowest BCUT2D eigenvalue weighted by atomic mass is 10.1. The van der Waals surface area contributed by atoms with Crippen LogP contribution in [-0.4, -0.2) is 26.9 Å². The van der Waals surface area contributed by atoms with Crippen LogP contribution in [-0.2, 0) is 14.8 Å². The van der Waals surface area contributed by atoms with Gasteiger partial charge < -0.3 is 10.1 Å². The molecule has 3 rings (SSSR count). The van der Waals surface area contributed by atoms with Crippen molar-refractivity contribution in [1.29, 1.82) is 0 Å². The molecule has 160 valence electrons. The Kier molecular flexibility index (Phi) is 6.66. The molecule has 3 aromatic rings. The van der Waals surface area contributed by atoms with E-state index in [1.165, 1.54) is 42.5 Å². The van der Waals surface area contributed by atoms with E-state index in [1.807, 2.05) is 0 Å². The first-order valence-electron chi connectivity index (χ1n) is 9.25. The molecule has 0 aliphatic carbocycles. The van der Waals surface area contributed by atoms with Crippen molar-refractivity contribution in [3.8, 4) is 0 Å². The van der Waals surface area contributed by atoms with Crippen LogP contribution in [0.3, 0.4) is 0 Å². The van der Waals surface area contributed by atoms with Crippen LogP contribution in [0.5, 0.6) is 0 Å². The first kappa shape index (κ1) is 22.0. The van der Waals surface area contributed by atoms with Gasteiger partial charge in [0.05, 0.1) is 17.1 Å². The van der Waals surface area contributed by atoms with E-state index in [1.54, 1.807) is 25.1 Å². The fourth-order valence-electron chi connectivity index (χ4n) is 2.66. The minimum Gasteiger partial charge on any atom is -0.462 e. The van der Waals surface area contributed by atoms with Gasteiger partial charge in [-0.15, -0.1) is 0 Å². The summed E-state index contributed by atoms with van der Waals surface area (Å²) in [6, 6.07) is 16.5. The molecule has 0 heterocycles. The van der Waals surface area contributed by atoms with E-state index in [-0.39, 0.29) is 22.8 Å². The van der Waals surface area contributed by atoms with Crippen LogP contribution in [0.1, 0.15) is 27.6 Å². The van der Waals surface area contributed by atoms with Crippen LogP contribution in [0, 0.1) is 5.82 Å². The summed E-state index contributed by atoms with van der Waals surface area (Å²) in [5, 5.41) is 2.65. The van der Waals surface area contributed by atoms with Crippen molar-refractivity contribution < 1.29 is 27.1 Å². The fourth-order valence-corrected chi connectivity index (χ4v) is 3.72. The van der Waals surface area contributed by atoms with Gasteiger partial charge in [-0.25, -0.2) is 17.6 Å². The van der Waals surface area contributed by atoms with Crippen LogP contribution < -0.4 is 10.0 Å². The number of amides is 1. The largest absolute Gasteiger partial charge is 0.462 e. The Bertz CT molecular complexity index is 1190. The Morgan fingerprint density at radius 3 is 2.23 bits per heavy atom. The van der Waals surface area contributed by atoms with Gasteiger partial charge in [0.15, 0.2) is 0 Å². The number of ether oxygens (including phenoxy) is 1. The van der Waals surface area contributed by atoms with Crippen LogP contribution >= 0.6 is 0 Å². The van der Waals surface area contributed by atoms with Gasteiger partial charge in [0, 0.05) is 16.9 Å². The third-order valence-electron chi connectivity index (χ3n) is 4.15. The number of sulfonamides is 1. The van der Waals surface area contributed by atoms with Crippen LogP contribution in [0.15, 0.2) is 77.7 Å². The highest BCUT2D eigenvalue weighted by Gasteiger charge is 2.16. The van der Waals surface area contributed by atoms with Gasteiger partial charge in [0.2, 0.25) is 0 Å². The second-order valence-corrected chi connectivity index (χ2v) is 8.07. The summed E-state index contributed by atoms with van der Waals surface area (Å²) in [7, 11) is -3.90. The summed E-state index contributed by atoms with van der Waals surface area (Å²) in [4.78, 5) is 24.2. The maximum absolute atomic E-state index is 13.0. The summed E-state index contributed by atoms with van der Waals surface area (Å²) >= 11 is 0. The highest BCUT2D eigenvalue weighted by molar-refractivity contribution is 7.92. The third kappa shape index (κ3) is 5.67. The zero-order valence-corrected chi connectivity index (χ0v) is 17.3. The van der Waals surface area contributed by atoms with Crippen molar-refractivity contribution in [3.63, 3.8) is 0 Å². The minimum absolute atomic E-state index is 0.0577. The fraction of sp³-hybridized carbons (Fsp3) is 0.0909. The summed E-state index contributed by atoms with van der Waals surface area (Å²) in [5.41, 5.74) is 1.13. The minimum atomic E-state index is -3.90. The molecule has 3 aromatic carbocycles. The summed E-state index contributed by atoms with van der Waals surface area (Å²) < 4.78 is 45.2. The van der Waals surface area contributed by atoms with E-state index in [2.05, 4.69) is 10.0 Å². The van der Waals surface area contributed by atoms with E-state index >= 15 is 0 Å². The molecule has 0 aromatic heterocycles. The van der Waals surface area contributed by atoms with Crippen LogP contribution in [0.25, 0.3) is 0 Å². The van der Waals surface area contributed by atoms with Crippen molar-refractivity contribution in [2.75, 3.05) is 16.6 Å². The lowest BCUT2D eigenvalue weighted by molar-refractivity contribution is 0.0526. The Morgan fingerprint density at radius 2 is 1.58 bits per heavy atom. The van der Waals surface area contributed by atoms with Crippen LogP contribution in [0.4, 0.5) is 15.8 Å². The predicted molar refractivity (Wildman–Crippen MR) is 114 cm³/mol. The standard InChI is InChI=1S/C22H19FN2O5S/c1-2-30-22(27)16-4-3-5-19(14-16)24-21(26)15-6-12-20(13-7-15)31(28,29)25-18-10-8-17(23)9-11-18/h3-14,25H,2H2,1H3,(H,24,26). The molecule has 31 heavy (non-hydrogen) atoms. The van der Waals surface area contributed by atoms with Gasteiger partial charge in [-0.1, -0.05) is 6.07 Å². The molecule has 0 bridgehead atoms. The van der Waals surface area contributed by atoms with Crippen molar-refractivity contribution in [1.82, 2.24) is 0 Å². The molecular formula is C22H19FN2O5S. The number of nitrogens with one attached hydrogen (secondary N) is 2. The van der Waals surface area contributed by atoms with Gasteiger partial charge in [0.1, 0.15) is 5.82 Å². The third-order valence-corrected chi connectivity index (χ3v) is 5.55. The van der Waals surface area contributed by atoms with Gasteiger partial charge >= 0.3 is 5.97 Å². The highest BCUT2D eigenvalue weighted by atomic mass is 32.2. The van der Waals surface area contributed by atoms with Crippen molar-refractivity contribution >= 4 is 33.3 Å². The van der Waals surface area contributed by atoms with Gasteiger partial charge in [-0.05, 0) is 73.7 Å². The predicted octanol–water partition coefficient (Wildman–Crippen LogP) is 4.06. The number of anilines is 2. The van der Waals surface area contributed by atoms with E-state index in [0.29, 0.717) is 11.3 Å². The maximum atomic E-state index is 13.0. The summed E-state index contributed by atoms with van der Waals surface area (Å²) in [6.07, 6.45) is 0. The average Bonchev–Trinajstić information content (AvgIpc) is 2.75. The smallest absolute Gasteiger partial charge is 0.338 e. The number of halogens is 1. The number of rotatable bonds is 7. The van der Waals surface area contributed by atoms with E-state index in [9.17, 15) is 22.4 Å².